The topological polar surface area (TPSA) is 107 Å². The van der Waals surface area contributed by atoms with Gasteiger partial charge in [-0.05, 0) is 67.1 Å². The van der Waals surface area contributed by atoms with E-state index in [1.54, 1.807) is 30.1 Å². The van der Waals surface area contributed by atoms with E-state index in [1.165, 1.54) is 18.5 Å². The number of halogens is 1. The second-order valence-electron chi connectivity index (χ2n) is 8.15. The van der Waals surface area contributed by atoms with E-state index >= 15 is 0 Å². The Hall–Kier alpha value is -4.73. The number of fused-ring (bicyclic) bond motifs is 1. The number of H-pyrrole nitrogens is 1. The Morgan fingerprint density at radius 1 is 1.08 bits per heavy atom. The third kappa shape index (κ3) is 4.74. The maximum atomic E-state index is 13.3. The fourth-order valence-electron chi connectivity index (χ4n) is 3.96. The molecule has 0 aliphatic rings. The molecule has 5 aromatic rings. The number of nitrogens with zero attached hydrogens (tertiary/aromatic N) is 4. The van der Waals surface area contributed by atoms with Crippen LogP contribution in [-0.2, 0) is 0 Å². The number of methoxy groups -OCH3 is 1. The van der Waals surface area contributed by atoms with Crippen LogP contribution in [0.1, 0.15) is 29.2 Å². The molecule has 10 heteroatoms. The molecule has 0 bridgehead atoms. The Morgan fingerprint density at radius 3 is 2.67 bits per heavy atom. The van der Waals surface area contributed by atoms with Crippen LogP contribution in [0.2, 0.25) is 0 Å². The highest BCUT2D eigenvalue weighted by Gasteiger charge is 2.25. The summed E-state index contributed by atoms with van der Waals surface area (Å²) in [6.07, 6.45) is 2.52. The lowest BCUT2D eigenvalue weighted by molar-refractivity contribution is 0.0872. The van der Waals surface area contributed by atoms with Gasteiger partial charge in [-0.15, -0.1) is 5.10 Å². The highest BCUT2D eigenvalue weighted by molar-refractivity contribution is 5.90. The maximum absolute atomic E-state index is 13.3. The molecule has 2 heterocycles. The van der Waals surface area contributed by atoms with E-state index in [2.05, 4.69) is 25.6 Å². The standard InChI is InChI=1S/C26H23FN6O3/c1-16(31-26(34)25-28-15-29-32-25)24(17-4-3-5-21(12-17)35-2)36-22-10-11-23-18(13-22)14-30-33(23)20-8-6-19(27)7-9-20/h3-16,24H,1-2H3,(H,31,34)(H,28,29,32)/t16-,24+/m0/s1. The minimum Gasteiger partial charge on any atom is -0.497 e. The van der Waals surface area contributed by atoms with Gasteiger partial charge in [0, 0.05) is 5.39 Å². The number of amides is 1. The van der Waals surface area contributed by atoms with E-state index in [9.17, 15) is 9.18 Å². The predicted octanol–water partition coefficient (Wildman–Crippen LogP) is 4.23. The van der Waals surface area contributed by atoms with Gasteiger partial charge in [0.1, 0.15) is 29.7 Å². The second kappa shape index (κ2) is 9.87. The summed E-state index contributed by atoms with van der Waals surface area (Å²) in [6, 6.07) is 18.8. The van der Waals surface area contributed by atoms with E-state index < -0.39 is 18.1 Å². The Balaban J connectivity index is 1.44. The number of rotatable bonds is 8. The van der Waals surface area contributed by atoms with Crippen molar-refractivity contribution < 1.29 is 18.7 Å². The maximum Gasteiger partial charge on any atom is 0.291 e. The molecule has 0 radical (unpaired) electrons. The largest absolute Gasteiger partial charge is 0.497 e. The molecule has 0 unspecified atom stereocenters. The van der Waals surface area contributed by atoms with Crippen molar-refractivity contribution in [2.24, 2.45) is 0 Å². The van der Waals surface area contributed by atoms with Crippen molar-refractivity contribution in [3.63, 3.8) is 0 Å². The summed E-state index contributed by atoms with van der Waals surface area (Å²) in [5, 5.41) is 14.6. The van der Waals surface area contributed by atoms with Gasteiger partial charge >= 0.3 is 0 Å². The highest BCUT2D eigenvalue weighted by Crippen LogP contribution is 2.30. The Labute approximate surface area is 205 Å². The highest BCUT2D eigenvalue weighted by atomic mass is 19.1. The number of ether oxygens (including phenoxy) is 2. The third-order valence-electron chi connectivity index (χ3n) is 5.73. The molecule has 1 amide bonds. The van der Waals surface area contributed by atoms with Crippen LogP contribution < -0.4 is 14.8 Å². The molecule has 0 aliphatic heterocycles. The lowest BCUT2D eigenvalue weighted by atomic mass is 10.0. The van der Waals surface area contributed by atoms with Crippen molar-refractivity contribution in [2.45, 2.75) is 19.1 Å². The molecule has 0 fully saturated rings. The molecule has 2 aromatic heterocycles. The zero-order chi connectivity index (χ0) is 25.1. The SMILES string of the molecule is COc1cccc([C@H](Oc2ccc3c(cnn3-c3ccc(F)cc3)c2)[C@H](C)NC(=O)c2nc[nH]n2)c1. The molecule has 0 saturated heterocycles. The van der Waals surface area contributed by atoms with Crippen molar-refractivity contribution in [2.75, 3.05) is 7.11 Å². The number of hydrogen-bond acceptors (Lipinski definition) is 6. The summed E-state index contributed by atoms with van der Waals surface area (Å²) in [4.78, 5) is 16.5. The number of carbonyl (C=O) groups excluding carboxylic acids is 1. The molecule has 9 nitrogen and oxygen atoms in total. The first-order valence-electron chi connectivity index (χ1n) is 11.2. The van der Waals surface area contributed by atoms with Crippen LogP contribution in [0.3, 0.4) is 0 Å². The average Bonchev–Trinajstić information content (AvgIpc) is 3.58. The normalized spacial score (nSPS) is 12.8. The number of hydrogen-bond donors (Lipinski definition) is 2. The summed E-state index contributed by atoms with van der Waals surface area (Å²) in [5.74, 6) is 0.577. The van der Waals surface area contributed by atoms with Gasteiger partial charge in [-0.3, -0.25) is 9.89 Å². The fraction of sp³-hybridized carbons (Fsp3) is 0.154. The number of carbonyl (C=O) groups is 1. The summed E-state index contributed by atoms with van der Waals surface area (Å²) >= 11 is 0. The van der Waals surface area contributed by atoms with Crippen molar-refractivity contribution in [1.29, 1.82) is 0 Å². The van der Waals surface area contributed by atoms with Gasteiger partial charge in [0.15, 0.2) is 0 Å². The van der Waals surface area contributed by atoms with E-state index in [0.29, 0.717) is 11.5 Å². The van der Waals surface area contributed by atoms with Crippen molar-refractivity contribution in [1.82, 2.24) is 30.3 Å². The van der Waals surface area contributed by atoms with Crippen molar-refractivity contribution in [3.8, 4) is 17.2 Å². The Morgan fingerprint density at radius 2 is 1.92 bits per heavy atom. The molecule has 0 spiro atoms. The molecule has 3 aromatic carbocycles. The van der Waals surface area contributed by atoms with Crippen LogP contribution in [0.4, 0.5) is 4.39 Å². The van der Waals surface area contributed by atoms with Crippen LogP contribution in [0.25, 0.3) is 16.6 Å². The second-order valence-corrected chi connectivity index (χ2v) is 8.15. The van der Waals surface area contributed by atoms with Crippen molar-refractivity contribution in [3.05, 3.63) is 96.5 Å². The number of aromatic amines is 1. The summed E-state index contributed by atoms with van der Waals surface area (Å²) in [6.45, 7) is 1.85. The monoisotopic (exact) mass is 486 g/mol. The number of benzene rings is 3. The van der Waals surface area contributed by atoms with Gasteiger partial charge in [0.2, 0.25) is 5.82 Å². The lowest BCUT2D eigenvalue weighted by Crippen LogP contribution is -2.39. The molecule has 0 aliphatic carbocycles. The van der Waals surface area contributed by atoms with Crippen LogP contribution in [-0.4, -0.2) is 44.0 Å². The van der Waals surface area contributed by atoms with Crippen molar-refractivity contribution >= 4 is 16.8 Å². The predicted molar refractivity (Wildman–Crippen MR) is 131 cm³/mol. The summed E-state index contributed by atoms with van der Waals surface area (Å²) in [7, 11) is 1.59. The Bertz CT molecular complexity index is 1480. The van der Waals surface area contributed by atoms with E-state index in [0.717, 1.165) is 22.2 Å². The van der Waals surface area contributed by atoms with Gasteiger partial charge in [-0.2, -0.15) is 5.10 Å². The van der Waals surface area contributed by atoms with E-state index in [1.807, 2.05) is 49.4 Å². The van der Waals surface area contributed by atoms with Gasteiger partial charge in [0.05, 0.1) is 30.6 Å². The van der Waals surface area contributed by atoms with Crippen LogP contribution in [0, 0.1) is 5.82 Å². The summed E-state index contributed by atoms with van der Waals surface area (Å²) in [5.41, 5.74) is 2.41. The zero-order valence-corrected chi connectivity index (χ0v) is 19.6. The molecule has 182 valence electrons. The third-order valence-corrected chi connectivity index (χ3v) is 5.73. The van der Waals surface area contributed by atoms with E-state index in [4.69, 9.17) is 9.47 Å². The van der Waals surface area contributed by atoms with Gasteiger partial charge in [-0.1, -0.05) is 12.1 Å². The van der Waals surface area contributed by atoms with E-state index in [-0.39, 0.29) is 11.6 Å². The zero-order valence-electron chi connectivity index (χ0n) is 19.6. The van der Waals surface area contributed by atoms with Gasteiger partial charge in [-0.25, -0.2) is 14.1 Å². The summed E-state index contributed by atoms with van der Waals surface area (Å²) < 4.78 is 26.9. The van der Waals surface area contributed by atoms with Gasteiger partial charge < -0.3 is 14.8 Å². The lowest BCUT2D eigenvalue weighted by Gasteiger charge is -2.26. The first-order chi connectivity index (χ1) is 17.5. The first kappa shape index (κ1) is 23.0. The van der Waals surface area contributed by atoms with Crippen LogP contribution in [0.5, 0.6) is 11.5 Å². The van der Waals surface area contributed by atoms with Crippen LogP contribution in [0.15, 0.2) is 79.3 Å². The Kier molecular flexibility index (Phi) is 6.31. The molecule has 2 N–H and O–H groups in total. The fourth-order valence-corrected chi connectivity index (χ4v) is 3.96. The molecule has 2 atom stereocenters. The minimum atomic E-state index is -0.549. The molecule has 36 heavy (non-hydrogen) atoms. The quantitative estimate of drug-likeness (QED) is 0.340. The molecule has 5 rings (SSSR count). The minimum absolute atomic E-state index is 0.0425. The first-order valence-corrected chi connectivity index (χ1v) is 11.2. The molecular weight excluding hydrogens is 463 g/mol. The van der Waals surface area contributed by atoms with Gasteiger partial charge in [0.25, 0.3) is 5.91 Å². The average molecular weight is 487 g/mol. The van der Waals surface area contributed by atoms with Crippen LogP contribution >= 0.6 is 0 Å². The number of nitrogens with one attached hydrogen (secondary N) is 2. The number of aromatic nitrogens is 5. The molecular formula is C26H23FN6O3. The molecule has 0 saturated carbocycles. The smallest absolute Gasteiger partial charge is 0.291 e.